The van der Waals surface area contributed by atoms with Gasteiger partial charge in [-0.3, -0.25) is 4.79 Å². The lowest BCUT2D eigenvalue weighted by Gasteiger charge is -2.18. The van der Waals surface area contributed by atoms with E-state index < -0.39 is 0 Å². The number of carbonyl (C=O) groups is 1. The standard InChI is InChI=1S/C16H14Br2N2O/c17-12-2-4-14(15(18)8-12)16(21)20-13-3-1-10-5-6-19-9-11(10)7-13/h1-4,7-8,19H,5-6,9H2,(H,20,21). The lowest BCUT2D eigenvalue weighted by molar-refractivity contribution is 0.102. The molecule has 0 saturated heterocycles. The molecule has 0 bridgehead atoms. The average Bonchev–Trinajstić information content (AvgIpc) is 2.47. The van der Waals surface area contributed by atoms with Crippen molar-refractivity contribution in [1.82, 2.24) is 5.32 Å². The zero-order chi connectivity index (χ0) is 14.8. The fourth-order valence-electron chi connectivity index (χ4n) is 2.43. The van der Waals surface area contributed by atoms with Crippen molar-refractivity contribution >= 4 is 43.5 Å². The summed E-state index contributed by atoms with van der Waals surface area (Å²) in [5, 5.41) is 6.30. The maximum absolute atomic E-state index is 12.3. The number of hydrogen-bond acceptors (Lipinski definition) is 2. The molecule has 1 aliphatic heterocycles. The van der Waals surface area contributed by atoms with Gasteiger partial charge in [0.05, 0.1) is 5.56 Å². The molecule has 108 valence electrons. The fraction of sp³-hybridized carbons (Fsp3) is 0.188. The largest absolute Gasteiger partial charge is 0.322 e. The van der Waals surface area contributed by atoms with Crippen molar-refractivity contribution in [2.24, 2.45) is 0 Å². The molecule has 0 spiro atoms. The molecule has 21 heavy (non-hydrogen) atoms. The Balaban J connectivity index is 1.81. The van der Waals surface area contributed by atoms with E-state index >= 15 is 0 Å². The highest BCUT2D eigenvalue weighted by Gasteiger charge is 2.13. The zero-order valence-electron chi connectivity index (χ0n) is 11.2. The molecule has 0 unspecified atom stereocenters. The summed E-state index contributed by atoms with van der Waals surface area (Å²) in [5.74, 6) is -0.113. The van der Waals surface area contributed by atoms with E-state index in [1.165, 1.54) is 11.1 Å². The van der Waals surface area contributed by atoms with Crippen molar-refractivity contribution < 1.29 is 4.79 Å². The number of rotatable bonds is 2. The Bertz CT molecular complexity index is 701. The van der Waals surface area contributed by atoms with E-state index in [-0.39, 0.29) is 5.91 Å². The Morgan fingerprint density at radius 2 is 1.95 bits per heavy atom. The van der Waals surface area contributed by atoms with E-state index in [4.69, 9.17) is 0 Å². The maximum atomic E-state index is 12.3. The summed E-state index contributed by atoms with van der Waals surface area (Å²) in [5.41, 5.74) is 4.07. The van der Waals surface area contributed by atoms with Crippen LogP contribution in [0.3, 0.4) is 0 Å². The number of hydrogen-bond donors (Lipinski definition) is 2. The SMILES string of the molecule is O=C(Nc1ccc2c(c1)CNCC2)c1ccc(Br)cc1Br. The second kappa shape index (κ2) is 6.30. The predicted molar refractivity (Wildman–Crippen MR) is 91.6 cm³/mol. The maximum Gasteiger partial charge on any atom is 0.256 e. The van der Waals surface area contributed by atoms with Crippen molar-refractivity contribution in [2.45, 2.75) is 13.0 Å². The quantitative estimate of drug-likeness (QED) is 0.783. The summed E-state index contributed by atoms with van der Waals surface area (Å²) in [7, 11) is 0. The lowest BCUT2D eigenvalue weighted by atomic mass is 10.0. The third-order valence-corrected chi connectivity index (χ3v) is 4.68. The minimum atomic E-state index is -0.113. The van der Waals surface area contributed by atoms with Crippen molar-refractivity contribution in [3.63, 3.8) is 0 Å². The number of fused-ring (bicyclic) bond motifs is 1. The van der Waals surface area contributed by atoms with Crippen molar-refractivity contribution in [3.05, 3.63) is 62.0 Å². The van der Waals surface area contributed by atoms with E-state index in [1.54, 1.807) is 6.07 Å². The summed E-state index contributed by atoms with van der Waals surface area (Å²) in [4.78, 5) is 12.3. The summed E-state index contributed by atoms with van der Waals surface area (Å²) < 4.78 is 1.71. The van der Waals surface area contributed by atoms with E-state index in [2.05, 4.69) is 48.6 Å². The highest BCUT2D eigenvalue weighted by atomic mass is 79.9. The van der Waals surface area contributed by atoms with Crippen LogP contribution in [0.4, 0.5) is 5.69 Å². The van der Waals surface area contributed by atoms with Crippen LogP contribution in [-0.2, 0) is 13.0 Å². The molecule has 2 N–H and O–H groups in total. The smallest absolute Gasteiger partial charge is 0.256 e. The summed E-state index contributed by atoms with van der Waals surface area (Å²) in [6.07, 6.45) is 1.04. The van der Waals surface area contributed by atoms with E-state index in [0.29, 0.717) is 5.56 Å². The number of nitrogens with one attached hydrogen (secondary N) is 2. The van der Waals surface area contributed by atoms with Gasteiger partial charge in [0.1, 0.15) is 0 Å². The van der Waals surface area contributed by atoms with Gasteiger partial charge in [-0.05, 0) is 70.4 Å². The summed E-state index contributed by atoms with van der Waals surface area (Å²) in [6.45, 7) is 1.88. The molecule has 0 aliphatic carbocycles. The predicted octanol–water partition coefficient (Wildman–Crippen LogP) is 4.11. The van der Waals surface area contributed by atoms with Gasteiger partial charge in [0.15, 0.2) is 0 Å². The van der Waals surface area contributed by atoms with Gasteiger partial charge in [-0.1, -0.05) is 22.0 Å². The van der Waals surface area contributed by atoms with Crippen LogP contribution in [0.15, 0.2) is 45.3 Å². The van der Waals surface area contributed by atoms with Crippen LogP contribution in [0.25, 0.3) is 0 Å². The van der Waals surface area contributed by atoms with Gasteiger partial charge >= 0.3 is 0 Å². The molecule has 0 aromatic heterocycles. The first kappa shape index (κ1) is 14.8. The van der Waals surface area contributed by atoms with Crippen LogP contribution in [0.1, 0.15) is 21.5 Å². The van der Waals surface area contributed by atoms with Crippen molar-refractivity contribution in [1.29, 1.82) is 0 Å². The van der Waals surface area contributed by atoms with Gasteiger partial charge in [0.25, 0.3) is 5.91 Å². The monoisotopic (exact) mass is 408 g/mol. The lowest BCUT2D eigenvalue weighted by Crippen LogP contribution is -2.23. The molecule has 0 saturated carbocycles. The molecule has 1 aliphatic rings. The molecule has 0 fully saturated rings. The number of benzene rings is 2. The highest BCUT2D eigenvalue weighted by Crippen LogP contribution is 2.24. The van der Waals surface area contributed by atoms with E-state index in [1.807, 2.05) is 24.3 Å². The van der Waals surface area contributed by atoms with E-state index in [0.717, 1.165) is 34.1 Å². The summed E-state index contributed by atoms with van der Waals surface area (Å²) >= 11 is 6.81. The second-order valence-corrected chi connectivity index (χ2v) is 6.76. The van der Waals surface area contributed by atoms with Gasteiger partial charge in [-0.2, -0.15) is 0 Å². The Morgan fingerprint density at radius 3 is 2.76 bits per heavy atom. The Kier molecular flexibility index (Phi) is 4.42. The first-order valence-electron chi connectivity index (χ1n) is 6.72. The number of anilines is 1. The van der Waals surface area contributed by atoms with Crippen molar-refractivity contribution in [3.8, 4) is 0 Å². The second-order valence-electron chi connectivity index (χ2n) is 4.99. The fourth-order valence-corrected chi connectivity index (χ4v) is 3.66. The minimum absolute atomic E-state index is 0.113. The Labute approximate surface area is 140 Å². The molecule has 1 heterocycles. The minimum Gasteiger partial charge on any atom is -0.322 e. The number of carbonyl (C=O) groups excluding carboxylic acids is 1. The van der Waals surface area contributed by atoms with Crippen LogP contribution >= 0.6 is 31.9 Å². The van der Waals surface area contributed by atoms with Gasteiger partial charge in [0.2, 0.25) is 0 Å². The molecular weight excluding hydrogens is 396 g/mol. The van der Waals surface area contributed by atoms with Gasteiger partial charge in [-0.25, -0.2) is 0 Å². The van der Waals surface area contributed by atoms with Crippen LogP contribution in [0.5, 0.6) is 0 Å². The third-order valence-electron chi connectivity index (χ3n) is 3.53. The molecule has 0 atom stereocenters. The molecule has 5 heteroatoms. The van der Waals surface area contributed by atoms with Gasteiger partial charge < -0.3 is 10.6 Å². The molecule has 3 nitrogen and oxygen atoms in total. The third kappa shape index (κ3) is 3.36. The van der Waals surface area contributed by atoms with Gasteiger partial charge in [-0.15, -0.1) is 0 Å². The summed E-state index contributed by atoms with van der Waals surface area (Å²) in [6, 6.07) is 11.6. The van der Waals surface area contributed by atoms with Crippen LogP contribution < -0.4 is 10.6 Å². The van der Waals surface area contributed by atoms with Crippen LogP contribution in [0.2, 0.25) is 0 Å². The number of halogens is 2. The zero-order valence-corrected chi connectivity index (χ0v) is 14.4. The Morgan fingerprint density at radius 1 is 1.10 bits per heavy atom. The molecular formula is C16H14Br2N2O. The average molecular weight is 410 g/mol. The number of amides is 1. The van der Waals surface area contributed by atoms with Crippen LogP contribution in [-0.4, -0.2) is 12.5 Å². The first-order valence-corrected chi connectivity index (χ1v) is 8.31. The molecule has 2 aromatic carbocycles. The van der Waals surface area contributed by atoms with Gasteiger partial charge in [0, 0.05) is 21.2 Å². The topological polar surface area (TPSA) is 41.1 Å². The molecule has 2 aromatic rings. The van der Waals surface area contributed by atoms with Crippen LogP contribution in [0, 0.1) is 0 Å². The molecule has 1 amide bonds. The highest BCUT2D eigenvalue weighted by molar-refractivity contribution is 9.11. The molecule has 3 rings (SSSR count). The van der Waals surface area contributed by atoms with E-state index in [9.17, 15) is 4.79 Å². The molecule has 0 radical (unpaired) electrons. The normalized spacial score (nSPS) is 13.6. The first-order chi connectivity index (χ1) is 10.1. The Hall–Kier alpha value is -1.17. The van der Waals surface area contributed by atoms with Crippen molar-refractivity contribution in [2.75, 3.05) is 11.9 Å².